The largest absolute Gasteiger partial charge is 0.309 e. The summed E-state index contributed by atoms with van der Waals surface area (Å²) in [6.45, 7) is 0. The lowest BCUT2D eigenvalue weighted by molar-refractivity contribution is 1.06. The third-order valence-corrected chi connectivity index (χ3v) is 8.67. The van der Waals surface area contributed by atoms with Gasteiger partial charge in [0, 0.05) is 33.2 Å². The minimum Gasteiger partial charge on any atom is -0.309 e. The van der Waals surface area contributed by atoms with E-state index in [9.17, 15) is 0 Å². The molecule has 0 atom stereocenters. The van der Waals surface area contributed by atoms with Crippen molar-refractivity contribution in [2.75, 3.05) is 0 Å². The van der Waals surface area contributed by atoms with Gasteiger partial charge in [0.25, 0.3) is 0 Å². The Kier molecular flexibility index (Phi) is 8.61. The molecule has 0 saturated carbocycles. The summed E-state index contributed by atoms with van der Waals surface area (Å²) in [5, 5.41) is 5.11. The molecule has 0 N–H and O–H groups in total. The van der Waals surface area contributed by atoms with Crippen molar-refractivity contribution in [3.05, 3.63) is 161 Å². The summed E-state index contributed by atoms with van der Waals surface area (Å²) in [6.07, 6.45) is 0. The smallest absolute Gasteiger partial charge is 0.227 e. The average molecular weight is 709 g/mol. The minimum atomic E-state index is 0.101. The number of halogens is 3. The zero-order chi connectivity index (χ0) is 34.0. The Bertz CT molecular complexity index is 2610. The van der Waals surface area contributed by atoms with Crippen LogP contribution in [0.1, 0.15) is 0 Å². The first-order valence-corrected chi connectivity index (χ1v) is 16.8. The fourth-order valence-corrected chi connectivity index (χ4v) is 6.46. The normalized spacial score (nSPS) is 11.1. The van der Waals surface area contributed by atoms with Gasteiger partial charge in [-0.1, -0.05) is 103 Å². The zero-order valence-corrected chi connectivity index (χ0v) is 28.4. The molecule has 0 aliphatic rings. The van der Waals surface area contributed by atoms with E-state index >= 15 is 0 Å². The molecule has 6 aromatic carbocycles. The van der Waals surface area contributed by atoms with E-state index in [0.29, 0.717) is 17.5 Å². The molecule has 0 saturated heterocycles. The first-order chi connectivity index (χ1) is 24.5. The Morgan fingerprint density at radius 3 is 1.42 bits per heavy atom. The molecule has 0 amide bonds. The summed E-state index contributed by atoms with van der Waals surface area (Å²) in [5.74, 6) is 1.59. The lowest BCUT2D eigenvalue weighted by Crippen LogP contribution is -1.97. The molecule has 0 spiro atoms. The van der Waals surface area contributed by atoms with Gasteiger partial charge in [0.1, 0.15) is 0 Å². The van der Waals surface area contributed by atoms with E-state index in [2.05, 4.69) is 108 Å². The maximum absolute atomic E-state index is 6.35. The van der Waals surface area contributed by atoms with Crippen LogP contribution in [0.3, 0.4) is 0 Å². The van der Waals surface area contributed by atoms with Crippen molar-refractivity contribution < 1.29 is 0 Å². The summed E-state index contributed by atoms with van der Waals surface area (Å²) in [5.41, 5.74) is 6.05. The van der Waals surface area contributed by atoms with Crippen LogP contribution < -0.4 is 0 Å². The zero-order valence-electron chi connectivity index (χ0n) is 26.1. The molecule has 0 radical (unpaired) electrons. The second kappa shape index (κ2) is 13.6. The molecular weight excluding hydrogens is 685 g/mol. The Balaban J connectivity index is 0.000000216. The van der Waals surface area contributed by atoms with Gasteiger partial charge in [-0.3, -0.25) is 0 Å². The molecule has 0 aliphatic carbocycles. The third-order valence-electron chi connectivity index (χ3n) is 8.16. The number of aromatic nitrogens is 7. The molecule has 10 heteroatoms. The fraction of sp³-hybridized carbons (Fsp3) is 0. The molecule has 9 aromatic rings. The van der Waals surface area contributed by atoms with Crippen LogP contribution in [-0.4, -0.2) is 34.5 Å². The molecule has 0 aliphatic heterocycles. The van der Waals surface area contributed by atoms with Crippen LogP contribution in [0.4, 0.5) is 0 Å². The van der Waals surface area contributed by atoms with Crippen LogP contribution in [0.5, 0.6) is 0 Å². The Hall–Kier alpha value is -5.73. The topological polar surface area (TPSA) is 82.3 Å². The highest BCUT2D eigenvalue weighted by molar-refractivity contribution is 6.31. The van der Waals surface area contributed by atoms with Gasteiger partial charge in [0.05, 0.1) is 11.0 Å². The van der Waals surface area contributed by atoms with Crippen molar-refractivity contribution in [2.45, 2.75) is 0 Å². The van der Waals surface area contributed by atoms with Crippen molar-refractivity contribution in [3.63, 3.8) is 0 Å². The molecule has 9 rings (SSSR count). The van der Waals surface area contributed by atoms with E-state index in [1.165, 1.54) is 16.2 Å². The van der Waals surface area contributed by atoms with Crippen LogP contribution in [0, 0.1) is 0 Å². The Morgan fingerprint density at radius 2 is 0.820 bits per heavy atom. The third kappa shape index (κ3) is 6.37. The van der Waals surface area contributed by atoms with E-state index in [-0.39, 0.29) is 15.9 Å². The van der Waals surface area contributed by atoms with Gasteiger partial charge in [0.2, 0.25) is 15.9 Å². The molecule has 0 unspecified atom stereocenters. The number of hydrogen-bond acceptors (Lipinski definition) is 6. The summed E-state index contributed by atoms with van der Waals surface area (Å²) in [7, 11) is 0. The first-order valence-electron chi connectivity index (χ1n) is 15.6. The van der Waals surface area contributed by atoms with E-state index in [1.807, 2.05) is 66.7 Å². The summed E-state index contributed by atoms with van der Waals surface area (Å²) in [6, 6.07) is 49.1. The lowest BCUT2D eigenvalue weighted by atomic mass is 10.0. The minimum absolute atomic E-state index is 0.101. The van der Waals surface area contributed by atoms with Gasteiger partial charge >= 0.3 is 0 Å². The predicted octanol–water partition coefficient (Wildman–Crippen LogP) is 11.0. The van der Waals surface area contributed by atoms with Crippen LogP contribution in [0.2, 0.25) is 15.9 Å². The van der Waals surface area contributed by atoms with Crippen molar-refractivity contribution in [1.82, 2.24) is 34.5 Å². The highest BCUT2D eigenvalue weighted by Gasteiger charge is 2.16. The van der Waals surface area contributed by atoms with Gasteiger partial charge in [-0.2, -0.15) is 24.9 Å². The molecule has 0 fully saturated rings. The average Bonchev–Trinajstić information content (AvgIpc) is 3.47. The first kappa shape index (κ1) is 31.5. The molecular formula is C40H24Cl3N7. The van der Waals surface area contributed by atoms with E-state index in [0.717, 1.165) is 38.8 Å². The maximum atomic E-state index is 6.35. The van der Waals surface area contributed by atoms with Crippen LogP contribution in [0.25, 0.3) is 72.4 Å². The molecule has 7 nitrogen and oxygen atoms in total. The number of nitrogens with zero attached hydrogens (tertiary/aromatic N) is 7. The number of benzene rings is 6. The molecule has 50 heavy (non-hydrogen) atoms. The predicted molar refractivity (Wildman–Crippen MR) is 203 cm³/mol. The second-order valence-corrected chi connectivity index (χ2v) is 12.3. The molecule has 3 aromatic heterocycles. The Labute approximate surface area is 301 Å². The molecule has 240 valence electrons. The summed E-state index contributed by atoms with van der Waals surface area (Å²) < 4.78 is 2.32. The van der Waals surface area contributed by atoms with Crippen molar-refractivity contribution in [3.8, 4) is 39.9 Å². The van der Waals surface area contributed by atoms with Gasteiger partial charge in [-0.15, -0.1) is 0 Å². The fourth-order valence-electron chi connectivity index (χ4n) is 5.94. The maximum Gasteiger partial charge on any atom is 0.227 e. The van der Waals surface area contributed by atoms with Crippen LogP contribution in [-0.2, 0) is 0 Å². The van der Waals surface area contributed by atoms with E-state index < -0.39 is 0 Å². The standard InChI is InChI=1S/C31H19ClN4.C9H5Cl2N3/c32-31-34-29(20-9-3-1-4-10-20)33-30(35-31)23-15-16-27-25(18-23)26-17-21-11-7-8-12-22(21)19-28(26)36(27)24-13-5-2-6-14-24;10-8-12-7(13-9(11)14-8)6-4-2-1-3-5-6/h1-19H;1-5H. The monoisotopic (exact) mass is 707 g/mol. The molecule has 3 heterocycles. The van der Waals surface area contributed by atoms with Crippen LogP contribution in [0.15, 0.2) is 146 Å². The van der Waals surface area contributed by atoms with Gasteiger partial charge in [0.15, 0.2) is 17.5 Å². The van der Waals surface area contributed by atoms with Gasteiger partial charge < -0.3 is 4.57 Å². The van der Waals surface area contributed by atoms with Crippen LogP contribution >= 0.6 is 34.8 Å². The number of rotatable bonds is 4. The van der Waals surface area contributed by atoms with Gasteiger partial charge in [-0.25, -0.2) is 4.98 Å². The van der Waals surface area contributed by atoms with Gasteiger partial charge in [-0.05, 0) is 88.0 Å². The van der Waals surface area contributed by atoms with Crippen molar-refractivity contribution in [1.29, 1.82) is 0 Å². The van der Waals surface area contributed by atoms with Crippen molar-refractivity contribution >= 4 is 67.4 Å². The van der Waals surface area contributed by atoms with E-state index in [1.54, 1.807) is 0 Å². The number of fused-ring (bicyclic) bond motifs is 4. The molecule has 0 bridgehead atoms. The number of para-hydroxylation sites is 1. The summed E-state index contributed by atoms with van der Waals surface area (Å²) >= 11 is 17.7. The SMILES string of the molecule is Clc1nc(-c2ccccc2)nc(-c2ccc3c(c2)c2cc4ccccc4cc2n3-c2ccccc2)n1.Clc1nc(Cl)nc(-c2ccccc2)n1. The number of hydrogen-bond donors (Lipinski definition) is 0. The highest BCUT2D eigenvalue weighted by Crippen LogP contribution is 2.37. The van der Waals surface area contributed by atoms with E-state index in [4.69, 9.17) is 39.8 Å². The Morgan fingerprint density at radius 1 is 0.360 bits per heavy atom. The second-order valence-electron chi connectivity index (χ2n) is 11.3. The lowest BCUT2D eigenvalue weighted by Gasteiger charge is -2.08. The quantitative estimate of drug-likeness (QED) is 0.181. The van der Waals surface area contributed by atoms with Crippen molar-refractivity contribution in [2.24, 2.45) is 0 Å². The summed E-state index contributed by atoms with van der Waals surface area (Å²) in [4.78, 5) is 25.2. The highest BCUT2D eigenvalue weighted by atomic mass is 35.5.